The zero-order valence-corrected chi connectivity index (χ0v) is 12.2. The molecule has 0 spiro atoms. The van der Waals surface area contributed by atoms with E-state index in [0.717, 1.165) is 22.4 Å². The summed E-state index contributed by atoms with van der Waals surface area (Å²) in [5.41, 5.74) is 10.0. The summed E-state index contributed by atoms with van der Waals surface area (Å²) in [5.74, 6) is 1.54. The molecule has 0 fully saturated rings. The van der Waals surface area contributed by atoms with Gasteiger partial charge in [-0.1, -0.05) is 29.8 Å². The van der Waals surface area contributed by atoms with Crippen LogP contribution in [0.2, 0.25) is 5.02 Å². The van der Waals surface area contributed by atoms with Gasteiger partial charge >= 0.3 is 0 Å². The molecule has 0 atom stereocenters. The molecule has 0 aromatic heterocycles. The summed E-state index contributed by atoms with van der Waals surface area (Å²) in [6, 6.07) is 9.79. The molecule has 19 heavy (non-hydrogen) atoms. The van der Waals surface area contributed by atoms with Crippen LogP contribution in [0.4, 0.5) is 0 Å². The van der Waals surface area contributed by atoms with Crippen LogP contribution in [0.5, 0.6) is 11.5 Å². The molecule has 2 rings (SSSR count). The van der Waals surface area contributed by atoms with Crippen LogP contribution < -0.4 is 10.5 Å². The van der Waals surface area contributed by atoms with Crippen molar-refractivity contribution in [3.05, 3.63) is 57.6 Å². The molecule has 3 heteroatoms. The molecule has 0 radical (unpaired) electrons. The smallest absolute Gasteiger partial charge is 0.146 e. The summed E-state index contributed by atoms with van der Waals surface area (Å²) in [6.45, 7) is 6.63. The van der Waals surface area contributed by atoms with Crippen LogP contribution in [-0.2, 0) is 6.54 Å². The summed E-state index contributed by atoms with van der Waals surface area (Å²) >= 11 is 6.22. The quantitative estimate of drug-likeness (QED) is 0.894. The summed E-state index contributed by atoms with van der Waals surface area (Å²) < 4.78 is 5.98. The molecule has 0 bridgehead atoms. The van der Waals surface area contributed by atoms with E-state index >= 15 is 0 Å². The van der Waals surface area contributed by atoms with Gasteiger partial charge in [0.25, 0.3) is 0 Å². The van der Waals surface area contributed by atoms with Gasteiger partial charge in [0.1, 0.15) is 11.5 Å². The Morgan fingerprint density at radius 1 is 1.05 bits per heavy atom. The number of hydrogen-bond acceptors (Lipinski definition) is 2. The van der Waals surface area contributed by atoms with Crippen LogP contribution >= 0.6 is 11.6 Å². The Morgan fingerprint density at radius 2 is 1.74 bits per heavy atom. The Bertz CT molecular complexity index is 608. The molecule has 0 saturated heterocycles. The molecule has 2 nitrogen and oxygen atoms in total. The highest BCUT2D eigenvalue weighted by molar-refractivity contribution is 6.32. The van der Waals surface area contributed by atoms with E-state index in [2.05, 4.69) is 26.0 Å². The molecule has 0 aliphatic carbocycles. The van der Waals surface area contributed by atoms with E-state index in [0.29, 0.717) is 17.3 Å². The highest BCUT2D eigenvalue weighted by Crippen LogP contribution is 2.34. The van der Waals surface area contributed by atoms with E-state index in [9.17, 15) is 0 Å². The Hall–Kier alpha value is -1.51. The third kappa shape index (κ3) is 2.91. The van der Waals surface area contributed by atoms with Crippen molar-refractivity contribution >= 4 is 11.6 Å². The van der Waals surface area contributed by atoms with Crippen LogP contribution in [-0.4, -0.2) is 0 Å². The van der Waals surface area contributed by atoms with Crippen molar-refractivity contribution in [3.63, 3.8) is 0 Å². The number of rotatable bonds is 3. The first-order chi connectivity index (χ1) is 9.02. The van der Waals surface area contributed by atoms with Gasteiger partial charge in [0, 0.05) is 6.54 Å². The summed E-state index contributed by atoms with van der Waals surface area (Å²) in [5, 5.41) is 0.586. The number of aryl methyl sites for hydroxylation is 2. The molecule has 2 aromatic rings. The Kier molecular flexibility index (Phi) is 4.13. The van der Waals surface area contributed by atoms with Gasteiger partial charge in [-0.25, -0.2) is 0 Å². The van der Waals surface area contributed by atoms with Crippen LogP contribution in [0.25, 0.3) is 0 Å². The van der Waals surface area contributed by atoms with Gasteiger partial charge in [-0.15, -0.1) is 0 Å². The van der Waals surface area contributed by atoms with E-state index in [1.165, 1.54) is 5.56 Å². The zero-order valence-electron chi connectivity index (χ0n) is 11.5. The minimum atomic E-state index is 0.475. The second-order valence-electron chi connectivity index (χ2n) is 4.72. The molecular formula is C16H18ClNO. The number of ether oxygens (including phenoxy) is 1. The maximum absolute atomic E-state index is 6.22. The van der Waals surface area contributed by atoms with Gasteiger partial charge < -0.3 is 10.5 Å². The molecule has 100 valence electrons. The van der Waals surface area contributed by atoms with Gasteiger partial charge in [-0.3, -0.25) is 0 Å². The molecule has 0 amide bonds. The van der Waals surface area contributed by atoms with E-state index in [1.807, 2.05) is 25.1 Å². The van der Waals surface area contributed by atoms with Gasteiger partial charge in [0.2, 0.25) is 0 Å². The fourth-order valence-electron chi connectivity index (χ4n) is 1.95. The monoisotopic (exact) mass is 275 g/mol. The minimum absolute atomic E-state index is 0.475. The van der Waals surface area contributed by atoms with Crippen molar-refractivity contribution in [2.75, 3.05) is 0 Å². The summed E-state index contributed by atoms with van der Waals surface area (Å²) in [7, 11) is 0. The normalized spacial score (nSPS) is 10.6. The average Bonchev–Trinajstić information content (AvgIpc) is 2.40. The molecule has 0 heterocycles. The number of hydrogen-bond donors (Lipinski definition) is 1. The number of halogens is 1. The van der Waals surface area contributed by atoms with Gasteiger partial charge in [-0.2, -0.15) is 0 Å². The molecule has 0 aliphatic rings. The molecule has 2 N–H and O–H groups in total. The zero-order chi connectivity index (χ0) is 14.0. The largest absolute Gasteiger partial charge is 0.455 e. The second kappa shape index (κ2) is 5.64. The number of nitrogens with two attached hydrogens (primary N) is 1. The predicted octanol–water partition coefficient (Wildman–Crippen LogP) is 4.52. The van der Waals surface area contributed by atoms with Crippen molar-refractivity contribution in [2.45, 2.75) is 27.3 Å². The average molecular weight is 276 g/mol. The van der Waals surface area contributed by atoms with Gasteiger partial charge in [0.05, 0.1) is 5.02 Å². The maximum Gasteiger partial charge on any atom is 0.146 e. The Morgan fingerprint density at radius 3 is 2.37 bits per heavy atom. The van der Waals surface area contributed by atoms with Crippen molar-refractivity contribution in [1.29, 1.82) is 0 Å². The highest BCUT2D eigenvalue weighted by Gasteiger charge is 2.10. The summed E-state index contributed by atoms with van der Waals surface area (Å²) in [6.07, 6.45) is 0. The minimum Gasteiger partial charge on any atom is -0.455 e. The van der Waals surface area contributed by atoms with E-state index in [4.69, 9.17) is 22.1 Å². The van der Waals surface area contributed by atoms with Crippen molar-refractivity contribution < 1.29 is 4.74 Å². The van der Waals surface area contributed by atoms with Crippen molar-refractivity contribution in [1.82, 2.24) is 0 Å². The lowest BCUT2D eigenvalue weighted by atomic mass is 10.1. The fourth-order valence-corrected chi connectivity index (χ4v) is 2.19. The van der Waals surface area contributed by atoms with Gasteiger partial charge in [-0.05, 0) is 55.2 Å². The van der Waals surface area contributed by atoms with Crippen LogP contribution in [0.15, 0.2) is 30.3 Å². The maximum atomic E-state index is 6.22. The Labute approximate surface area is 119 Å². The fraction of sp³-hybridized carbons (Fsp3) is 0.250. The first kappa shape index (κ1) is 13.9. The first-order valence-corrected chi connectivity index (χ1v) is 6.64. The molecule has 2 aromatic carbocycles. The Balaban J connectivity index is 2.39. The number of benzene rings is 2. The standard InChI is InChI=1S/C16H18ClNO/c1-10-4-5-11(2)16(12(10)3)19-15-7-6-13(9-18)8-14(15)17/h4-8H,9,18H2,1-3H3. The van der Waals surface area contributed by atoms with Crippen molar-refractivity contribution in [2.24, 2.45) is 5.73 Å². The lowest BCUT2D eigenvalue weighted by Gasteiger charge is -2.15. The van der Waals surface area contributed by atoms with Gasteiger partial charge in [0.15, 0.2) is 0 Å². The highest BCUT2D eigenvalue weighted by atomic mass is 35.5. The summed E-state index contributed by atoms with van der Waals surface area (Å²) in [4.78, 5) is 0. The van der Waals surface area contributed by atoms with Crippen LogP contribution in [0.1, 0.15) is 22.3 Å². The second-order valence-corrected chi connectivity index (χ2v) is 5.13. The SMILES string of the molecule is Cc1ccc(C)c(Oc2ccc(CN)cc2Cl)c1C. The molecule has 0 unspecified atom stereocenters. The first-order valence-electron chi connectivity index (χ1n) is 6.26. The van der Waals surface area contributed by atoms with Crippen molar-refractivity contribution in [3.8, 4) is 11.5 Å². The lowest BCUT2D eigenvalue weighted by Crippen LogP contribution is -1.97. The molecular weight excluding hydrogens is 258 g/mol. The van der Waals surface area contributed by atoms with Crippen LogP contribution in [0.3, 0.4) is 0 Å². The van der Waals surface area contributed by atoms with E-state index in [-0.39, 0.29) is 0 Å². The molecule has 0 aliphatic heterocycles. The van der Waals surface area contributed by atoms with Crippen LogP contribution in [0, 0.1) is 20.8 Å². The molecule has 0 saturated carbocycles. The lowest BCUT2D eigenvalue weighted by molar-refractivity contribution is 0.474. The third-order valence-electron chi connectivity index (χ3n) is 3.32. The van der Waals surface area contributed by atoms with E-state index < -0.39 is 0 Å². The third-order valence-corrected chi connectivity index (χ3v) is 3.61. The predicted molar refractivity (Wildman–Crippen MR) is 80.1 cm³/mol. The topological polar surface area (TPSA) is 35.2 Å². The van der Waals surface area contributed by atoms with E-state index in [1.54, 1.807) is 0 Å².